The van der Waals surface area contributed by atoms with E-state index in [-0.39, 0.29) is 41.4 Å². The highest BCUT2D eigenvalue weighted by molar-refractivity contribution is 6.10. The van der Waals surface area contributed by atoms with Crippen LogP contribution in [0.1, 0.15) is 25.3 Å². The summed E-state index contributed by atoms with van der Waals surface area (Å²) in [5.74, 6) is -0.948. The molecule has 1 heterocycles. The van der Waals surface area contributed by atoms with Crippen LogP contribution in [0, 0.1) is 30.6 Å². The van der Waals surface area contributed by atoms with E-state index in [2.05, 4.69) is 17.5 Å². The molecule has 1 aromatic carbocycles. The Morgan fingerprint density at radius 2 is 1.72 bits per heavy atom. The van der Waals surface area contributed by atoms with Gasteiger partial charge in [0, 0.05) is 5.69 Å². The van der Waals surface area contributed by atoms with Gasteiger partial charge in [0.25, 0.3) is 0 Å². The number of allylic oxidation sites excluding steroid dienone is 2. The van der Waals surface area contributed by atoms with Crippen LogP contribution in [0.25, 0.3) is 0 Å². The molecule has 0 aromatic heterocycles. The van der Waals surface area contributed by atoms with Gasteiger partial charge in [0.1, 0.15) is 6.04 Å². The van der Waals surface area contributed by atoms with Crippen LogP contribution in [0.2, 0.25) is 0 Å². The second kappa shape index (κ2) is 5.83. The maximum Gasteiger partial charge on any atom is 0.247 e. The zero-order valence-corrected chi connectivity index (χ0v) is 14.4. The number of benzene rings is 1. The van der Waals surface area contributed by atoms with Crippen molar-refractivity contribution in [2.75, 3.05) is 5.32 Å². The molecule has 5 heteroatoms. The number of nitrogens with one attached hydrogen (secondary N) is 1. The van der Waals surface area contributed by atoms with Crippen LogP contribution >= 0.6 is 0 Å². The average molecular weight is 338 g/mol. The van der Waals surface area contributed by atoms with Gasteiger partial charge in [0.05, 0.1) is 11.8 Å². The van der Waals surface area contributed by atoms with E-state index in [1.165, 1.54) is 4.90 Å². The van der Waals surface area contributed by atoms with E-state index in [9.17, 15) is 14.4 Å². The number of imide groups is 1. The number of nitrogens with zero attached hydrogens (tertiary/aromatic N) is 1. The Balaban J connectivity index is 1.54. The maximum absolute atomic E-state index is 12.9. The Morgan fingerprint density at radius 1 is 1.12 bits per heavy atom. The number of rotatable bonds is 3. The van der Waals surface area contributed by atoms with Crippen molar-refractivity contribution >= 4 is 23.4 Å². The molecule has 5 atom stereocenters. The number of amides is 3. The van der Waals surface area contributed by atoms with Gasteiger partial charge in [-0.1, -0.05) is 24.3 Å². The number of carbonyl (C=O) groups excluding carboxylic acids is 3. The highest BCUT2D eigenvalue weighted by Crippen LogP contribution is 2.49. The minimum Gasteiger partial charge on any atom is -0.324 e. The molecule has 25 heavy (non-hydrogen) atoms. The van der Waals surface area contributed by atoms with Crippen LogP contribution in [-0.4, -0.2) is 28.7 Å². The summed E-state index contributed by atoms with van der Waals surface area (Å²) in [5.41, 5.74) is 1.71. The summed E-state index contributed by atoms with van der Waals surface area (Å²) < 4.78 is 0. The van der Waals surface area contributed by atoms with E-state index < -0.39 is 6.04 Å². The van der Waals surface area contributed by atoms with E-state index in [0.29, 0.717) is 5.69 Å². The molecule has 5 nitrogen and oxygen atoms in total. The molecule has 130 valence electrons. The fourth-order valence-corrected chi connectivity index (χ4v) is 4.57. The lowest BCUT2D eigenvalue weighted by molar-refractivity contribution is -0.146. The Hall–Kier alpha value is -2.43. The van der Waals surface area contributed by atoms with Gasteiger partial charge in [-0.3, -0.25) is 19.3 Å². The number of hydrogen-bond donors (Lipinski definition) is 1. The monoisotopic (exact) mass is 338 g/mol. The normalized spacial score (nSPS) is 31.2. The van der Waals surface area contributed by atoms with Crippen molar-refractivity contribution < 1.29 is 14.4 Å². The molecule has 1 saturated heterocycles. The third kappa shape index (κ3) is 2.49. The Kier molecular flexibility index (Phi) is 3.74. The molecule has 5 rings (SSSR count). The van der Waals surface area contributed by atoms with Gasteiger partial charge < -0.3 is 5.32 Å². The quantitative estimate of drug-likeness (QED) is 0.680. The third-order valence-corrected chi connectivity index (χ3v) is 5.85. The molecule has 4 aliphatic rings. The molecule has 0 spiro atoms. The summed E-state index contributed by atoms with van der Waals surface area (Å²) in [7, 11) is 0. The summed E-state index contributed by atoms with van der Waals surface area (Å²) in [6.45, 7) is 3.58. The first-order chi connectivity index (χ1) is 12.0. The van der Waals surface area contributed by atoms with Crippen molar-refractivity contribution in [3.63, 3.8) is 0 Å². The van der Waals surface area contributed by atoms with Gasteiger partial charge in [-0.25, -0.2) is 0 Å². The largest absolute Gasteiger partial charge is 0.324 e. The van der Waals surface area contributed by atoms with Gasteiger partial charge in [-0.05, 0) is 56.2 Å². The molecular weight excluding hydrogens is 316 g/mol. The van der Waals surface area contributed by atoms with E-state index in [4.69, 9.17) is 0 Å². The maximum atomic E-state index is 12.9. The van der Waals surface area contributed by atoms with Crippen molar-refractivity contribution in [1.29, 1.82) is 0 Å². The second-order valence-electron chi connectivity index (χ2n) is 7.42. The molecule has 3 aliphatic carbocycles. The van der Waals surface area contributed by atoms with Crippen molar-refractivity contribution in [1.82, 2.24) is 4.90 Å². The summed E-state index contributed by atoms with van der Waals surface area (Å²) in [6, 6.07) is 6.67. The van der Waals surface area contributed by atoms with Gasteiger partial charge in [-0.15, -0.1) is 0 Å². The first-order valence-electron chi connectivity index (χ1n) is 8.90. The smallest absolute Gasteiger partial charge is 0.247 e. The fraction of sp³-hybridized carbons (Fsp3) is 0.450. The van der Waals surface area contributed by atoms with E-state index in [0.717, 1.165) is 18.4 Å². The number of hydrogen-bond acceptors (Lipinski definition) is 3. The van der Waals surface area contributed by atoms with Gasteiger partial charge in [0.15, 0.2) is 0 Å². The zero-order chi connectivity index (χ0) is 17.7. The number of anilines is 1. The lowest BCUT2D eigenvalue weighted by Gasteiger charge is -2.38. The number of carbonyl (C=O) groups is 3. The van der Waals surface area contributed by atoms with Crippen molar-refractivity contribution in [3.05, 3.63) is 42.0 Å². The topological polar surface area (TPSA) is 66.5 Å². The first-order valence-corrected chi connectivity index (χ1v) is 8.90. The van der Waals surface area contributed by atoms with Gasteiger partial charge >= 0.3 is 0 Å². The van der Waals surface area contributed by atoms with E-state index >= 15 is 0 Å². The Labute approximate surface area is 147 Å². The van der Waals surface area contributed by atoms with Crippen LogP contribution in [0.5, 0.6) is 0 Å². The first kappa shape index (κ1) is 16.1. The molecule has 3 amide bonds. The molecule has 0 unspecified atom stereocenters. The lowest BCUT2D eigenvalue weighted by atomic mass is 9.63. The third-order valence-electron chi connectivity index (χ3n) is 5.85. The van der Waals surface area contributed by atoms with Crippen LogP contribution in [-0.2, 0) is 14.4 Å². The Bertz CT molecular complexity index is 753. The van der Waals surface area contributed by atoms with Crippen LogP contribution in [0.4, 0.5) is 5.69 Å². The molecule has 1 N–H and O–H groups in total. The van der Waals surface area contributed by atoms with E-state index in [1.807, 2.05) is 25.1 Å². The minimum atomic E-state index is -0.800. The van der Waals surface area contributed by atoms with E-state index in [1.54, 1.807) is 13.0 Å². The highest BCUT2D eigenvalue weighted by Gasteiger charge is 2.58. The number of fused-ring (bicyclic) bond motifs is 1. The molecule has 1 aromatic rings. The van der Waals surface area contributed by atoms with Crippen LogP contribution < -0.4 is 5.32 Å². The number of aryl methyl sites for hydroxylation is 1. The summed E-state index contributed by atoms with van der Waals surface area (Å²) in [4.78, 5) is 39.6. The van der Waals surface area contributed by atoms with Crippen molar-refractivity contribution in [3.8, 4) is 0 Å². The lowest BCUT2D eigenvalue weighted by Crippen LogP contribution is -2.46. The molecule has 2 bridgehead atoms. The van der Waals surface area contributed by atoms with Crippen molar-refractivity contribution in [2.24, 2.45) is 23.7 Å². The predicted octanol–water partition coefficient (Wildman–Crippen LogP) is 2.52. The zero-order valence-electron chi connectivity index (χ0n) is 14.4. The minimum absolute atomic E-state index is 0.142. The molecule has 2 fully saturated rings. The van der Waals surface area contributed by atoms with Crippen molar-refractivity contribution in [2.45, 2.75) is 32.7 Å². The summed E-state index contributed by atoms with van der Waals surface area (Å²) in [5, 5.41) is 2.82. The van der Waals surface area contributed by atoms with Crippen LogP contribution in [0.3, 0.4) is 0 Å². The summed E-state index contributed by atoms with van der Waals surface area (Å²) in [6.07, 6.45) is 6.08. The van der Waals surface area contributed by atoms with Gasteiger partial charge in [0.2, 0.25) is 17.7 Å². The molecule has 1 saturated carbocycles. The van der Waals surface area contributed by atoms with Gasteiger partial charge in [-0.2, -0.15) is 0 Å². The molecule has 1 aliphatic heterocycles. The molecular formula is C20H22N2O3. The Morgan fingerprint density at radius 3 is 2.24 bits per heavy atom. The second-order valence-corrected chi connectivity index (χ2v) is 7.42. The summed E-state index contributed by atoms with van der Waals surface area (Å²) >= 11 is 0. The number of likely N-dealkylation sites (tertiary alicyclic amines) is 1. The van der Waals surface area contributed by atoms with Crippen LogP contribution in [0.15, 0.2) is 36.4 Å². The fourth-order valence-electron chi connectivity index (χ4n) is 4.57. The SMILES string of the molecule is Cc1cccc(NC(=O)[C@H](C)N2C(=O)[C@@H]3[C@H](C2=O)[C@H]2C=C[C@H]3CC2)c1. The predicted molar refractivity (Wildman–Crippen MR) is 93.5 cm³/mol. The standard InChI is InChI=1S/C20H22N2O3/c1-11-4-3-5-15(10-11)21-18(23)12(2)22-19(24)16-13-6-7-14(9-8-13)17(16)20(22)25/h3-7,10,12-14,16-17H,8-9H2,1-2H3,(H,21,23)/t12-,13-,14-,16-,17+/m0/s1. The highest BCUT2D eigenvalue weighted by atomic mass is 16.2. The molecule has 0 radical (unpaired) electrons. The average Bonchev–Trinajstić information content (AvgIpc) is 2.88.